The van der Waals surface area contributed by atoms with Crippen LogP contribution in [0.4, 0.5) is 0 Å². The van der Waals surface area contributed by atoms with Crippen molar-refractivity contribution in [2.75, 3.05) is 33.2 Å². The lowest BCUT2D eigenvalue weighted by molar-refractivity contribution is -0.249. The Morgan fingerprint density at radius 3 is 1.65 bits per heavy atom. The second kappa shape index (κ2) is 21.5. The SMILES string of the molecule is C=C=COOCCCCOc1ccc(OCOc2ccc(OC(=O)c3ccc(OCCCCCCOC(=O)C=C)cc3)cc2)cc1. The van der Waals surface area contributed by atoms with Crippen molar-refractivity contribution in [3.05, 3.63) is 110 Å². The van der Waals surface area contributed by atoms with Crippen LogP contribution in [-0.2, 0) is 19.3 Å². The molecule has 0 N–H and O–H groups in total. The Morgan fingerprint density at radius 1 is 0.609 bits per heavy atom. The van der Waals surface area contributed by atoms with Gasteiger partial charge in [-0.05, 0) is 111 Å². The first-order chi connectivity index (χ1) is 22.6. The van der Waals surface area contributed by atoms with Crippen LogP contribution in [0.2, 0.25) is 0 Å². The van der Waals surface area contributed by atoms with E-state index in [0.717, 1.165) is 50.4 Å². The lowest BCUT2D eigenvalue weighted by Crippen LogP contribution is -2.09. The Balaban J connectivity index is 1.27. The molecule has 0 fully saturated rings. The number of hydrogen-bond donors (Lipinski definition) is 0. The number of carbonyl (C=O) groups excluding carboxylic acids is 2. The minimum atomic E-state index is -0.478. The maximum atomic E-state index is 12.6. The summed E-state index contributed by atoms with van der Waals surface area (Å²) in [7, 11) is 0. The molecule has 10 heteroatoms. The summed E-state index contributed by atoms with van der Waals surface area (Å²) in [6.07, 6.45) is 7.60. The molecule has 0 atom stereocenters. The maximum absolute atomic E-state index is 12.6. The van der Waals surface area contributed by atoms with E-state index in [1.807, 2.05) is 12.1 Å². The second-order valence-corrected chi connectivity index (χ2v) is 9.69. The zero-order chi connectivity index (χ0) is 32.7. The summed E-state index contributed by atoms with van der Waals surface area (Å²) < 4.78 is 33.2. The first-order valence-corrected chi connectivity index (χ1v) is 15.0. The van der Waals surface area contributed by atoms with Gasteiger partial charge in [-0.1, -0.05) is 18.9 Å². The Morgan fingerprint density at radius 2 is 1.09 bits per heavy atom. The summed E-state index contributed by atoms with van der Waals surface area (Å²) >= 11 is 0. The summed E-state index contributed by atoms with van der Waals surface area (Å²) in [6.45, 7) is 8.70. The average molecular weight is 633 g/mol. The van der Waals surface area contributed by atoms with Gasteiger partial charge in [-0.2, -0.15) is 4.89 Å². The van der Waals surface area contributed by atoms with E-state index in [2.05, 4.69) is 23.8 Å². The number of benzene rings is 3. The van der Waals surface area contributed by atoms with Crippen LogP contribution >= 0.6 is 0 Å². The molecule has 0 unspecified atom stereocenters. The molecule has 0 aliphatic rings. The summed E-state index contributed by atoms with van der Waals surface area (Å²) in [5.74, 6) is 2.12. The third-order valence-corrected chi connectivity index (χ3v) is 6.21. The van der Waals surface area contributed by atoms with Gasteiger partial charge in [0.1, 0.15) is 28.7 Å². The van der Waals surface area contributed by atoms with E-state index in [1.165, 1.54) is 6.26 Å². The zero-order valence-corrected chi connectivity index (χ0v) is 25.9. The number of unbranched alkanes of at least 4 members (excludes halogenated alkanes) is 4. The first kappa shape index (κ1) is 35.3. The first-order valence-electron chi connectivity index (χ1n) is 15.0. The predicted octanol–water partition coefficient (Wildman–Crippen LogP) is 7.40. The van der Waals surface area contributed by atoms with E-state index >= 15 is 0 Å². The van der Waals surface area contributed by atoms with Crippen molar-refractivity contribution in [3.8, 4) is 28.7 Å². The van der Waals surface area contributed by atoms with Gasteiger partial charge in [-0.25, -0.2) is 9.59 Å². The third-order valence-electron chi connectivity index (χ3n) is 6.21. The van der Waals surface area contributed by atoms with Crippen LogP contribution in [0.3, 0.4) is 0 Å². The van der Waals surface area contributed by atoms with Gasteiger partial charge < -0.3 is 33.3 Å². The molecule has 0 bridgehead atoms. The number of carbonyl (C=O) groups is 2. The number of hydrogen-bond acceptors (Lipinski definition) is 10. The molecule has 0 radical (unpaired) electrons. The molecular weight excluding hydrogens is 592 g/mol. The Bertz CT molecular complexity index is 1360. The summed E-state index contributed by atoms with van der Waals surface area (Å²) in [5, 5.41) is 0. The highest BCUT2D eigenvalue weighted by atomic mass is 17.2. The van der Waals surface area contributed by atoms with Crippen LogP contribution in [0.5, 0.6) is 28.7 Å². The Kier molecular flexibility index (Phi) is 16.5. The standard InChI is InChI=1S/C36H40O10/c1-3-23-44-45-27-10-9-25-40-31-15-17-32(18-16-31)42-28-43-33-19-21-34(22-20-33)46-36(38)29-11-13-30(14-12-29)39-24-7-5-6-8-26-41-35(37)4-2/h4,11-23H,1-2,5-10,24-28H2. The molecule has 0 aromatic heterocycles. The van der Waals surface area contributed by atoms with Gasteiger partial charge in [0.05, 0.1) is 32.0 Å². The van der Waals surface area contributed by atoms with Crippen molar-refractivity contribution in [2.24, 2.45) is 0 Å². The molecule has 10 nitrogen and oxygen atoms in total. The van der Waals surface area contributed by atoms with Crippen molar-refractivity contribution in [1.29, 1.82) is 0 Å². The summed E-state index contributed by atoms with van der Waals surface area (Å²) in [4.78, 5) is 33.2. The topological polar surface area (TPSA) is 108 Å². The third kappa shape index (κ3) is 14.5. The monoisotopic (exact) mass is 632 g/mol. The minimum absolute atomic E-state index is 0.00406. The van der Waals surface area contributed by atoms with Crippen molar-refractivity contribution < 1.29 is 47.8 Å². The second-order valence-electron chi connectivity index (χ2n) is 9.69. The van der Waals surface area contributed by atoms with E-state index in [-0.39, 0.29) is 6.79 Å². The summed E-state index contributed by atoms with van der Waals surface area (Å²) in [6, 6.07) is 20.7. The molecule has 3 aromatic carbocycles. The molecule has 0 heterocycles. The highest BCUT2D eigenvalue weighted by Gasteiger charge is 2.09. The van der Waals surface area contributed by atoms with Crippen LogP contribution < -0.4 is 23.7 Å². The molecule has 0 saturated heterocycles. The van der Waals surface area contributed by atoms with E-state index in [4.69, 9.17) is 33.3 Å². The van der Waals surface area contributed by atoms with Crippen molar-refractivity contribution in [2.45, 2.75) is 38.5 Å². The lowest BCUT2D eigenvalue weighted by atomic mass is 10.2. The van der Waals surface area contributed by atoms with E-state index < -0.39 is 11.9 Å². The maximum Gasteiger partial charge on any atom is 0.343 e. The minimum Gasteiger partial charge on any atom is -0.494 e. The molecule has 46 heavy (non-hydrogen) atoms. The molecule has 0 aliphatic carbocycles. The van der Waals surface area contributed by atoms with E-state index in [9.17, 15) is 9.59 Å². The summed E-state index contributed by atoms with van der Waals surface area (Å²) in [5.41, 5.74) is 2.86. The normalized spacial score (nSPS) is 10.2. The quantitative estimate of drug-likeness (QED) is 0.0121. The molecule has 244 valence electrons. The highest BCUT2D eigenvalue weighted by molar-refractivity contribution is 5.91. The van der Waals surface area contributed by atoms with Gasteiger partial charge in [0, 0.05) is 6.08 Å². The fourth-order valence-electron chi connectivity index (χ4n) is 3.80. The average Bonchev–Trinajstić information content (AvgIpc) is 3.08. The van der Waals surface area contributed by atoms with Gasteiger partial charge in [0.25, 0.3) is 0 Å². The van der Waals surface area contributed by atoms with Crippen LogP contribution in [-0.4, -0.2) is 45.2 Å². The number of esters is 2. The number of ether oxygens (including phenoxy) is 6. The Hall–Kier alpha value is -5.18. The van der Waals surface area contributed by atoms with E-state index in [0.29, 0.717) is 55.0 Å². The van der Waals surface area contributed by atoms with Gasteiger partial charge in [-0.3, -0.25) is 0 Å². The molecule has 0 amide bonds. The smallest absolute Gasteiger partial charge is 0.343 e. The predicted molar refractivity (Wildman–Crippen MR) is 171 cm³/mol. The number of rotatable bonds is 23. The molecule has 3 rings (SSSR count). The van der Waals surface area contributed by atoms with Gasteiger partial charge in [0.15, 0.2) is 6.26 Å². The molecule has 0 saturated carbocycles. The van der Waals surface area contributed by atoms with Crippen LogP contribution in [0.25, 0.3) is 0 Å². The van der Waals surface area contributed by atoms with Crippen LogP contribution in [0, 0.1) is 0 Å². The lowest BCUT2D eigenvalue weighted by Gasteiger charge is -2.11. The fraction of sp³-hybridized carbons (Fsp3) is 0.306. The molecule has 0 spiro atoms. The highest BCUT2D eigenvalue weighted by Crippen LogP contribution is 2.21. The van der Waals surface area contributed by atoms with Crippen molar-refractivity contribution in [1.82, 2.24) is 0 Å². The van der Waals surface area contributed by atoms with Crippen molar-refractivity contribution in [3.63, 3.8) is 0 Å². The molecule has 3 aromatic rings. The molecular formula is C36H40O10. The van der Waals surface area contributed by atoms with Crippen molar-refractivity contribution >= 4 is 11.9 Å². The van der Waals surface area contributed by atoms with Crippen LogP contribution in [0.1, 0.15) is 48.9 Å². The van der Waals surface area contributed by atoms with E-state index in [1.54, 1.807) is 60.7 Å². The van der Waals surface area contributed by atoms with Gasteiger partial charge >= 0.3 is 11.9 Å². The largest absolute Gasteiger partial charge is 0.494 e. The van der Waals surface area contributed by atoms with Crippen LogP contribution in [0.15, 0.2) is 104 Å². The zero-order valence-electron chi connectivity index (χ0n) is 25.9. The van der Waals surface area contributed by atoms with Gasteiger partial charge in [0.2, 0.25) is 6.79 Å². The molecule has 0 aliphatic heterocycles. The fourth-order valence-corrected chi connectivity index (χ4v) is 3.80. The van der Waals surface area contributed by atoms with Gasteiger partial charge in [-0.15, -0.1) is 0 Å². The Labute approximate surface area is 269 Å².